The molecule has 2 saturated carbocycles. The van der Waals surface area contributed by atoms with Gasteiger partial charge in [-0.15, -0.1) is 12.4 Å². The average Bonchev–Trinajstić information content (AvgIpc) is 3.31. The van der Waals surface area contributed by atoms with E-state index in [1.165, 1.54) is 16.7 Å². The molecule has 0 bridgehead atoms. The molecule has 2 aromatic carbocycles. The number of carbonyl (C=O) groups excluding carboxylic acids is 1. The number of hydrogen-bond acceptors (Lipinski definition) is 6. The summed E-state index contributed by atoms with van der Waals surface area (Å²) < 4.78 is 16.7. The van der Waals surface area contributed by atoms with Crippen LogP contribution >= 0.6 is 12.4 Å². The Morgan fingerprint density at radius 1 is 1.00 bits per heavy atom. The first-order valence-corrected chi connectivity index (χ1v) is 15.7. The third kappa shape index (κ3) is 7.69. The van der Waals surface area contributed by atoms with E-state index in [1.807, 2.05) is 30.3 Å². The van der Waals surface area contributed by atoms with Crippen LogP contribution in [0.4, 0.5) is 0 Å². The number of carbonyl (C=O) groups is 1. The summed E-state index contributed by atoms with van der Waals surface area (Å²) in [7, 11) is 0. The summed E-state index contributed by atoms with van der Waals surface area (Å²) in [6.07, 6.45) is 10.4. The van der Waals surface area contributed by atoms with Crippen LogP contribution in [-0.4, -0.2) is 61.9 Å². The molecule has 1 N–H and O–H groups in total. The predicted molar refractivity (Wildman–Crippen MR) is 169 cm³/mol. The topological polar surface area (TPSA) is 68.2 Å². The van der Waals surface area contributed by atoms with Crippen molar-refractivity contribution in [2.75, 3.05) is 46.1 Å². The standard InChI is InChI=1S/C18H20O2.C17H27NO3.ClH/c1-18-9-8-14-13-5-3-12(19)10-11(13)2-4-15(14)16(18)6-7-17(18)20;1-2-3-12-20-16-5-7-17(8-6-16)21-13-4-9-18-10-14-19-15-11-18;/h3-5,10,14,16,19H,2,6-9H2,1H3;5-8H,2-4,9-15H2,1H3;1H. The summed E-state index contributed by atoms with van der Waals surface area (Å²) >= 11 is 0. The molecule has 1 saturated heterocycles. The normalized spacial score (nSPS) is 24.6. The molecule has 42 heavy (non-hydrogen) atoms. The van der Waals surface area contributed by atoms with Gasteiger partial charge in [0.2, 0.25) is 0 Å². The van der Waals surface area contributed by atoms with Crippen LogP contribution < -0.4 is 9.47 Å². The Hall–Kier alpha value is -2.54. The Bertz CT molecular complexity index is 1190. The van der Waals surface area contributed by atoms with Crippen LogP contribution in [0.3, 0.4) is 0 Å². The second-order valence-electron chi connectivity index (χ2n) is 12.1. The molecule has 1 heterocycles. The lowest BCUT2D eigenvalue weighted by Crippen LogP contribution is -2.37. The van der Waals surface area contributed by atoms with Crippen LogP contribution in [0, 0.1) is 11.3 Å². The minimum Gasteiger partial charge on any atom is -0.508 e. The summed E-state index contributed by atoms with van der Waals surface area (Å²) in [5, 5.41) is 9.64. The van der Waals surface area contributed by atoms with Crippen molar-refractivity contribution in [1.82, 2.24) is 4.90 Å². The molecule has 2 aromatic rings. The van der Waals surface area contributed by atoms with Crippen LogP contribution in [0.15, 0.2) is 54.1 Å². The van der Waals surface area contributed by atoms with Gasteiger partial charge in [-0.25, -0.2) is 0 Å². The van der Waals surface area contributed by atoms with Gasteiger partial charge >= 0.3 is 0 Å². The van der Waals surface area contributed by atoms with E-state index >= 15 is 0 Å². The molecule has 4 aliphatic rings. The van der Waals surface area contributed by atoms with Crippen molar-refractivity contribution in [3.05, 3.63) is 65.2 Å². The summed E-state index contributed by atoms with van der Waals surface area (Å²) in [4.78, 5) is 14.7. The van der Waals surface area contributed by atoms with Crippen LogP contribution in [0.25, 0.3) is 0 Å². The second kappa shape index (κ2) is 15.3. The molecule has 3 aliphatic carbocycles. The lowest BCUT2D eigenvalue weighted by atomic mass is 9.60. The third-order valence-electron chi connectivity index (χ3n) is 9.46. The first-order chi connectivity index (χ1) is 20.0. The van der Waals surface area contributed by atoms with Crippen molar-refractivity contribution in [1.29, 1.82) is 0 Å². The molecule has 6 nitrogen and oxygen atoms in total. The SMILES string of the molecule is CC12CCC3C(=CCc4cc(O)ccc43)C1CCC2=O.CCCCOc1ccc(OCCCN2CCOCC2)cc1.Cl. The zero-order chi connectivity index (χ0) is 28.7. The number of rotatable bonds is 9. The number of benzene rings is 2. The molecule has 3 unspecified atom stereocenters. The van der Waals surface area contributed by atoms with Gasteiger partial charge in [0.15, 0.2) is 0 Å². The Morgan fingerprint density at radius 2 is 1.69 bits per heavy atom. The van der Waals surface area contributed by atoms with E-state index < -0.39 is 0 Å². The van der Waals surface area contributed by atoms with Gasteiger partial charge in [0.25, 0.3) is 0 Å². The highest BCUT2D eigenvalue weighted by atomic mass is 35.5. The second-order valence-corrected chi connectivity index (χ2v) is 12.1. The molecular weight excluding hydrogens is 550 g/mol. The van der Waals surface area contributed by atoms with Gasteiger partial charge < -0.3 is 19.3 Å². The van der Waals surface area contributed by atoms with Crippen molar-refractivity contribution in [2.24, 2.45) is 11.3 Å². The predicted octanol–water partition coefficient (Wildman–Crippen LogP) is 7.13. The van der Waals surface area contributed by atoms with E-state index in [0.29, 0.717) is 23.4 Å². The molecule has 1 aliphatic heterocycles. The highest BCUT2D eigenvalue weighted by Gasteiger charge is 2.52. The Labute approximate surface area is 257 Å². The number of nitrogens with zero attached hydrogens (tertiary/aromatic N) is 1. The summed E-state index contributed by atoms with van der Waals surface area (Å²) in [5.74, 6) is 3.60. The number of phenolic OH excluding ortho intramolecular Hbond substituents is 1. The molecule has 0 radical (unpaired) electrons. The van der Waals surface area contributed by atoms with Crippen molar-refractivity contribution in [3.63, 3.8) is 0 Å². The van der Waals surface area contributed by atoms with E-state index in [1.54, 1.807) is 6.07 Å². The maximum absolute atomic E-state index is 12.2. The summed E-state index contributed by atoms with van der Waals surface area (Å²) in [6, 6.07) is 13.7. The number of phenols is 1. The molecule has 3 atom stereocenters. The zero-order valence-corrected chi connectivity index (χ0v) is 26.1. The number of ether oxygens (including phenoxy) is 3. The van der Waals surface area contributed by atoms with Crippen molar-refractivity contribution >= 4 is 18.2 Å². The molecule has 230 valence electrons. The smallest absolute Gasteiger partial charge is 0.139 e. The fourth-order valence-electron chi connectivity index (χ4n) is 7.00. The number of hydrogen-bond donors (Lipinski definition) is 1. The van der Waals surface area contributed by atoms with Gasteiger partial charge in [-0.2, -0.15) is 0 Å². The summed E-state index contributed by atoms with van der Waals surface area (Å²) in [5.41, 5.74) is 4.03. The molecule has 0 amide bonds. The molecule has 3 fully saturated rings. The van der Waals surface area contributed by atoms with Crippen LogP contribution in [-0.2, 0) is 16.0 Å². The fraction of sp³-hybridized carbons (Fsp3) is 0.571. The van der Waals surface area contributed by atoms with Gasteiger partial charge in [0.05, 0.1) is 26.4 Å². The Morgan fingerprint density at radius 3 is 2.38 bits per heavy atom. The van der Waals surface area contributed by atoms with Gasteiger partial charge in [0.1, 0.15) is 23.0 Å². The highest BCUT2D eigenvalue weighted by molar-refractivity contribution is 5.88. The molecule has 0 aromatic heterocycles. The third-order valence-corrected chi connectivity index (χ3v) is 9.46. The highest BCUT2D eigenvalue weighted by Crippen LogP contribution is 2.57. The minimum atomic E-state index is -0.100. The number of fused-ring (bicyclic) bond motifs is 5. The monoisotopic (exact) mass is 597 g/mol. The Kier molecular flexibility index (Phi) is 11.8. The van der Waals surface area contributed by atoms with Crippen LogP contribution in [0.1, 0.15) is 75.8 Å². The van der Waals surface area contributed by atoms with Gasteiger partial charge in [-0.05, 0) is 92.0 Å². The first kappa shape index (κ1) is 32.4. The molecule has 7 heteroatoms. The van der Waals surface area contributed by atoms with E-state index in [-0.39, 0.29) is 17.8 Å². The number of halogens is 1. The van der Waals surface area contributed by atoms with E-state index in [0.717, 1.165) is 109 Å². The van der Waals surface area contributed by atoms with Gasteiger partial charge in [-0.1, -0.05) is 38.0 Å². The van der Waals surface area contributed by atoms with Crippen LogP contribution in [0.5, 0.6) is 17.2 Å². The zero-order valence-electron chi connectivity index (χ0n) is 25.3. The van der Waals surface area contributed by atoms with Crippen molar-refractivity contribution < 1.29 is 24.1 Å². The number of morpholine rings is 1. The van der Waals surface area contributed by atoms with Crippen molar-refractivity contribution in [3.8, 4) is 17.2 Å². The number of allylic oxidation sites excluding steroid dienone is 2. The molecular formula is C35H48ClNO5. The maximum atomic E-state index is 12.2. The van der Waals surface area contributed by atoms with Gasteiger partial charge in [0, 0.05) is 37.4 Å². The van der Waals surface area contributed by atoms with E-state index in [4.69, 9.17) is 14.2 Å². The van der Waals surface area contributed by atoms with E-state index in [2.05, 4.69) is 30.9 Å². The summed E-state index contributed by atoms with van der Waals surface area (Å²) in [6.45, 7) is 10.8. The van der Waals surface area contributed by atoms with Crippen molar-refractivity contribution in [2.45, 2.75) is 71.1 Å². The quantitative estimate of drug-likeness (QED) is 0.245. The number of unbranched alkanes of at least 4 members (excludes halogenated alkanes) is 1. The largest absolute Gasteiger partial charge is 0.508 e. The Balaban J connectivity index is 0.000000188. The lowest BCUT2D eigenvalue weighted by molar-refractivity contribution is -0.126. The number of Topliss-reactive ketones (excluding diaryl/α,β-unsaturated/α-hetero) is 1. The fourth-order valence-corrected chi connectivity index (χ4v) is 7.00. The number of ketones is 1. The first-order valence-electron chi connectivity index (χ1n) is 15.7. The molecule has 0 spiro atoms. The molecule has 6 rings (SSSR count). The lowest BCUT2D eigenvalue weighted by Gasteiger charge is -2.43. The number of aromatic hydroxyl groups is 1. The maximum Gasteiger partial charge on any atom is 0.139 e. The minimum absolute atomic E-state index is 0. The van der Waals surface area contributed by atoms with E-state index in [9.17, 15) is 9.90 Å². The van der Waals surface area contributed by atoms with Gasteiger partial charge in [-0.3, -0.25) is 9.69 Å². The van der Waals surface area contributed by atoms with Crippen LogP contribution in [0.2, 0.25) is 0 Å². The average molecular weight is 598 g/mol.